The number of anilines is 1. The Morgan fingerprint density at radius 1 is 1.30 bits per heavy atom. The summed E-state index contributed by atoms with van der Waals surface area (Å²) in [4.78, 5) is 8.97. The molecule has 0 radical (unpaired) electrons. The highest BCUT2D eigenvalue weighted by Gasteiger charge is 2.19. The minimum absolute atomic E-state index is 0.247. The molecule has 0 atom stereocenters. The van der Waals surface area contributed by atoms with Gasteiger partial charge in [-0.2, -0.15) is 5.10 Å². The SMILES string of the molecule is N/C(CN1CCN(c2ccn3nccc3n2)CC1)=N/O. The quantitative estimate of drug-likeness (QED) is 0.342. The number of amidine groups is 1. The second-order valence-corrected chi connectivity index (χ2v) is 4.77. The van der Waals surface area contributed by atoms with Crippen molar-refractivity contribution in [3.05, 3.63) is 24.5 Å². The number of hydrogen-bond donors (Lipinski definition) is 2. The van der Waals surface area contributed by atoms with Gasteiger partial charge in [0.15, 0.2) is 11.5 Å². The van der Waals surface area contributed by atoms with Crippen molar-refractivity contribution in [2.45, 2.75) is 0 Å². The van der Waals surface area contributed by atoms with Crippen LogP contribution in [0.3, 0.4) is 0 Å². The van der Waals surface area contributed by atoms with E-state index >= 15 is 0 Å². The molecule has 20 heavy (non-hydrogen) atoms. The van der Waals surface area contributed by atoms with Crippen LogP contribution in [0, 0.1) is 0 Å². The van der Waals surface area contributed by atoms with Gasteiger partial charge < -0.3 is 15.8 Å². The molecule has 8 heteroatoms. The van der Waals surface area contributed by atoms with Crippen LogP contribution in [0.15, 0.2) is 29.7 Å². The van der Waals surface area contributed by atoms with Gasteiger partial charge in [0.2, 0.25) is 0 Å². The molecule has 1 fully saturated rings. The van der Waals surface area contributed by atoms with Crippen LogP contribution in [-0.4, -0.2) is 63.3 Å². The van der Waals surface area contributed by atoms with Crippen molar-refractivity contribution in [1.82, 2.24) is 19.5 Å². The highest BCUT2D eigenvalue weighted by atomic mass is 16.4. The van der Waals surface area contributed by atoms with Crippen LogP contribution >= 0.6 is 0 Å². The predicted octanol–water partition coefficient (Wildman–Crippen LogP) is -0.402. The molecular weight excluding hydrogens is 258 g/mol. The van der Waals surface area contributed by atoms with Gasteiger partial charge in [-0.25, -0.2) is 9.50 Å². The zero-order valence-corrected chi connectivity index (χ0v) is 11.1. The molecule has 0 saturated carbocycles. The Balaban J connectivity index is 1.65. The lowest BCUT2D eigenvalue weighted by Crippen LogP contribution is -2.49. The first kappa shape index (κ1) is 12.7. The van der Waals surface area contributed by atoms with E-state index in [0.717, 1.165) is 37.6 Å². The number of nitrogens with zero attached hydrogens (tertiary/aromatic N) is 6. The molecule has 0 amide bonds. The van der Waals surface area contributed by atoms with Gasteiger partial charge in [0.05, 0.1) is 12.7 Å². The average molecular weight is 275 g/mol. The lowest BCUT2D eigenvalue weighted by molar-refractivity contribution is 0.278. The van der Waals surface area contributed by atoms with Crippen LogP contribution in [0.1, 0.15) is 0 Å². The molecule has 3 heterocycles. The molecule has 0 aliphatic carbocycles. The second kappa shape index (κ2) is 5.33. The standard InChI is InChI=1S/C12H17N7O/c13-10(16-20)9-17-5-7-18(8-6-17)11-2-4-19-12(15-11)1-3-14-19/h1-4,20H,5-9H2,(H2,13,16). The molecule has 106 valence electrons. The van der Waals surface area contributed by atoms with Crippen molar-refractivity contribution in [2.75, 3.05) is 37.6 Å². The fourth-order valence-corrected chi connectivity index (χ4v) is 2.37. The van der Waals surface area contributed by atoms with Crippen molar-refractivity contribution in [3.63, 3.8) is 0 Å². The summed E-state index contributed by atoms with van der Waals surface area (Å²) >= 11 is 0. The van der Waals surface area contributed by atoms with E-state index in [1.54, 1.807) is 10.7 Å². The van der Waals surface area contributed by atoms with E-state index in [1.807, 2.05) is 18.3 Å². The number of rotatable bonds is 3. The largest absolute Gasteiger partial charge is 0.409 e. The topological polar surface area (TPSA) is 95.3 Å². The summed E-state index contributed by atoms with van der Waals surface area (Å²) in [5, 5.41) is 15.7. The van der Waals surface area contributed by atoms with E-state index in [1.165, 1.54) is 0 Å². The Morgan fingerprint density at radius 3 is 2.85 bits per heavy atom. The lowest BCUT2D eigenvalue weighted by Gasteiger charge is -2.35. The summed E-state index contributed by atoms with van der Waals surface area (Å²) in [7, 11) is 0. The summed E-state index contributed by atoms with van der Waals surface area (Å²) in [6.07, 6.45) is 3.65. The minimum atomic E-state index is 0.247. The van der Waals surface area contributed by atoms with E-state index in [2.05, 4.69) is 25.0 Å². The van der Waals surface area contributed by atoms with Crippen molar-refractivity contribution < 1.29 is 5.21 Å². The lowest BCUT2D eigenvalue weighted by atomic mass is 10.3. The predicted molar refractivity (Wildman–Crippen MR) is 75.0 cm³/mol. The van der Waals surface area contributed by atoms with E-state index in [-0.39, 0.29) is 5.84 Å². The maximum absolute atomic E-state index is 8.58. The number of aromatic nitrogens is 3. The van der Waals surface area contributed by atoms with Gasteiger partial charge in [0, 0.05) is 38.4 Å². The smallest absolute Gasteiger partial charge is 0.157 e. The molecule has 2 aromatic rings. The summed E-state index contributed by atoms with van der Waals surface area (Å²) < 4.78 is 1.75. The van der Waals surface area contributed by atoms with E-state index in [9.17, 15) is 0 Å². The molecule has 3 rings (SSSR count). The number of hydrogen-bond acceptors (Lipinski definition) is 6. The monoisotopic (exact) mass is 275 g/mol. The summed E-state index contributed by atoms with van der Waals surface area (Å²) in [5.74, 6) is 1.21. The third kappa shape index (κ3) is 2.50. The highest BCUT2D eigenvalue weighted by Crippen LogP contribution is 2.14. The van der Waals surface area contributed by atoms with Crippen LogP contribution < -0.4 is 10.6 Å². The van der Waals surface area contributed by atoms with Gasteiger partial charge in [0.1, 0.15) is 5.82 Å². The van der Waals surface area contributed by atoms with Crippen molar-refractivity contribution in [1.29, 1.82) is 0 Å². The summed E-state index contributed by atoms with van der Waals surface area (Å²) in [5.41, 5.74) is 6.37. The molecule has 3 N–H and O–H groups in total. The number of piperazine rings is 1. The van der Waals surface area contributed by atoms with Crippen molar-refractivity contribution in [3.8, 4) is 0 Å². The molecule has 1 aliphatic heterocycles. The summed E-state index contributed by atoms with van der Waals surface area (Å²) in [6.45, 7) is 3.97. The Labute approximate surface area is 116 Å². The van der Waals surface area contributed by atoms with Crippen LogP contribution in [0.2, 0.25) is 0 Å². The molecular formula is C12H17N7O. The first-order chi connectivity index (χ1) is 9.76. The van der Waals surface area contributed by atoms with Gasteiger partial charge in [-0.05, 0) is 6.07 Å². The Morgan fingerprint density at radius 2 is 2.10 bits per heavy atom. The average Bonchev–Trinajstić information content (AvgIpc) is 2.95. The van der Waals surface area contributed by atoms with E-state index in [4.69, 9.17) is 10.9 Å². The third-order valence-electron chi connectivity index (χ3n) is 3.45. The van der Waals surface area contributed by atoms with Gasteiger partial charge in [-0.1, -0.05) is 5.16 Å². The number of fused-ring (bicyclic) bond motifs is 1. The second-order valence-electron chi connectivity index (χ2n) is 4.77. The van der Waals surface area contributed by atoms with Gasteiger partial charge in [-0.15, -0.1) is 0 Å². The fraction of sp³-hybridized carbons (Fsp3) is 0.417. The molecule has 0 unspecified atom stereocenters. The molecule has 0 bridgehead atoms. The molecule has 1 saturated heterocycles. The molecule has 0 aromatic carbocycles. The maximum Gasteiger partial charge on any atom is 0.157 e. The first-order valence-corrected chi connectivity index (χ1v) is 6.50. The first-order valence-electron chi connectivity index (χ1n) is 6.50. The maximum atomic E-state index is 8.58. The normalized spacial score (nSPS) is 17.8. The van der Waals surface area contributed by atoms with Gasteiger partial charge >= 0.3 is 0 Å². The molecule has 8 nitrogen and oxygen atoms in total. The highest BCUT2D eigenvalue weighted by molar-refractivity contribution is 5.81. The zero-order chi connectivity index (χ0) is 13.9. The Kier molecular flexibility index (Phi) is 3.38. The van der Waals surface area contributed by atoms with E-state index < -0.39 is 0 Å². The van der Waals surface area contributed by atoms with Gasteiger partial charge in [0.25, 0.3) is 0 Å². The van der Waals surface area contributed by atoms with Crippen LogP contribution in [-0.2, 0) is 0 Å². The minimum Gasteiger partial charge on any atom is -0.409 e. The zero-order valence-electron chi connectivity index (χ0n) is 11.1. The van der Waals surface area contributed by atoms with Crippen LogP contribution in [0.4, 0.5) is 5.82 Å². The van der Waals surface area contributed by atoms with Gasteiger partial charge in [-0.3, -0.25) is 4.90 Å². The Bertz CT molecular complexity index is 615. The van der Waals surface area contributed by atoms with Crippen molar-refractivity contribution in [2.24, 2.45) is 10.9 Å². The fourth-order valence-electron chi connectivity index (χ4n) is 2.37. The molecule has 1 aliphatic rings. The molecule has 2 aromatic heterocycles. The number of nitrogens with two attached hydrogens (primary N) is 1. The molecule has 0 spiro atoms. The summed E-state index contributed by atoms with van der Waals surface area (Å²) in [6, 6.07) is 3.86. The van der Waals surface area contributed by atoms with Crippen LogP contribution in [0.5, 0.6) is 0 Å². The van der Waals surface area contributed by atoms with Crippen LogP contribution in [0.25, 0.3) is 5.65 Å². The number of oxime groups is 1. The third-order valence-corrected chi connectivity index (χ3v) is 3.45. The van der Waals surface area contributed by atoms with Crippen molar-refractivity contribution >= 4 is 17.3 Å². The van der Waals surface area contributed by atoms with E-state index in [0.29, 0.717) is 6.54 Å². The Hall–Kier alpha value is -2.35.